The first-order valence-corrected chi connectivity index (χ1v) is 9.50. The molecule has 0 spiro atoms. The van der Waals surface area contributed by atoms with Crippen LogP contribution in [0.1, 0.15) is 60.3 Å². The van der Waals surface area contributed by atoms with E-state index in [9.17, 15) is 9.59 Å². The molecule has 0 aromatic rings. The molecule has 1 N–H and O–H groups in total. The molecule has 26 heavy (non-hydrogen) atoms. The van der Waals surface area contributed by atoms with Crippen molar-refractivity contribution >= 4 is 17.8 Å². The van der Waals surface area contributed by atoms with E-state index in [0.29, 0.717) is 12.3 Å². The number of carbonyl (C=O) groups is 2. The third-order valence-electron chi connectivity index (χ3n) is 5.23. The largest absolute Gasteiger partial charge is 0.469 e. The summed E-state index contributed by atoms with van der Waals surface area (Å²) in [6.45, 7) is 9.77. The minimum Gasteiger partial charge on any atom is -0.469 e. The van der Waals surface area contributed by atoms with Crippen molar-refractivity contribution in [1.29, 1.82) is 0 Å². The zero-order valence-electron chi connectivity index (χ0n) is 16.7. The minimum atomic E-state index is -0.581. The van der Waals surface area contributed by atoms with Crippen molar-refractivity contribution in [3.05, 3.63) is 0 Å². The smallest absolute Gasteiger partial charge is 0.407 e. The van der Waals surface area contributed by atoms with Crippen LogP contribution >= 0.6 is 0 Å². The third kappa shape index (κ3) is 4.68. The number of hydrogen-bond donors (Lipinski definition) is 1. The quantitative estimate of drug-likeness (QED) is 0.727. The first kappa shape index (κ1) is 20.5. The van der Waals surface area contributed by atoms with E-state index in [-0.39, 0.29) is 24.0 Å². The Labute approximate surface area is 155 Å². The van der Waals surface area contributed by atoms with Crippen molar-refractivity contribution in [1.82, 2.24) is 5.32 Å². The van der Waals surface area contributed by atoms with Gasteiger partial charge in [-0.1, -0.05) is 31.8 Å². The number of amides is 1. The lowest BCUT2D eigenvalue weighted by molar-refractivity contribution is -0.149. The molecule has 2 rings (SSSR count). The van der Waals surface area contributed by atoms with Gasteiger partial charge in [0.1, 0.15) is 5.60 Å². The van der Waals surface area contributed by atoms with Crippen molar-refractivity contribution in [3.8, 4) is 0 Å². The Morgan fingerprint density at radius 2 is 1.96 bits per heavy atom. The van der Waals surface area contributed by atoms with Gasteiger partial charge in [-0.25, -0.2) is 4.79 Å². The summed E-state index contributed by atoms with van der Waals surface area (Å²) in [6.07, 6.45) is 2.51. The second-order valence-corrected chi connectivity index (χ2v) is 8.18. The van der Waals surface area contributed by atoms with Crippen molar-refractivity contribution in [2.75, 3.05) is 7.11 Å². The summed E-state index contributed by atoms with van der Waals surface area (Å²) in [6, 6.07) is -0.255. The zero-order valence-corrected chi connectivity index (χ0v) is 16.7. The molecule has 4 atom stereocenters. The number of carbonyl (C=O) groups excluding carboxylic acids is 2. The highest BCUT2D eigenvalue weighted by Gasteiger charge is 2.54. The minimum absolute atomic E-state index is 0.118. The summed E-state index contributed by atoms with van der Waals surface area (Å²) in [5, 5.41) is 7.20. The maximum Gasteiger partial charge on any atom is 0.407 e. The lowest BCUT2D eigenvalue weighted by Crippen LogP contribution is -2.44. The molecule has 7 heteroatoms. The van der Waals surface area contributed by atoms with Crippen LogP contribution in [-0.2, 0) is 19.1 Å². The monoisotopic (exact) mass is 368 g/mol. The molecule has 0 radical (unpaired) electrons. The van der Waals surface area contributed by atoms with Crippen LogP contribution in [0.4, 0.5) is 4.79 Å². The molecule has 1 saturated carbocycles. The Hall–Kier alpha value is -1.79. The van der Waals surface area contributed by atoms with Gasteiger partial charge in [-0.2, -0.15) is 0 Å². The van der Waals surface area contributed by atoms with E-state index in [1.165, 1.54) is 7.11 Å². The SMILES string of the molecule is CCC(CC)CC1=NOC2C(C(=O)OC)CC(NC(=O)OC(C)(C)C)C12. The average molecular weight is 368 g/mol. The Kier molecular flexibility index (Phi) is 6.53. The fourth-order valence-corrected chi connectivity index (χ4v) is 3.82. The summed E-state index contributed by atoms with van der Waals surface area (Å²) in [5.74, 6) is -0.372. The van der Waals surface area contributed by atoms with Gasteiger partial charge < -0.3 is 19.6 Å². The van der Waals surface area contributed by atoms with Crippen LogP contribution in [0.25, 0.3) is 0 Å². The topological polar surface area (TPSA) is 86.2 Å². The molecule has 0 aromatic carbocycles. The predicted molar refractivity (Wildman–Crippen MR) is 97.8 cm³/mol. The number of rotatable bonds is 6. The van der Waals surface area contributed by atoms with E-state index in [2.05, 4.69) is 24.3 Å². The molecule has 1 aliphatic heterocycles. The van der Waals surface area contributed by atoms with Gasteiger partial charge in [0.2, 0.25) is 0 Å². The summed E-state index contributed by atoms with van der Waals surface area (Å²) in [5.41, 5.74) is 0.346. The van der Waals surface area contributed by atoms with Crippen molar-refractivity contribution in [2.45, 2.75) is 78.0 Å². The van der Waals surface area contributed by atoms with Gasteiger partial charge in [0.25, 0.3) is 0 Å². The van der Waals surface area contributed by atoms with Crippen LogP contribution in [0, 0.1) is 17.8 Å². The highest BCUT2D eigenvalue weighted by atomic mass is 16.6. The summed E-state index contributed by atoms with van der Waals surface area (Å²) < 4.78 is 10.3. The third-order valence-corrected chi connectivity index (χ3v) is 5.23. The van der Waals surface area contributed by atoms with Gasteiger partial charge in [-0.3, -0.25) is 4.79 Å². The van der Waals surface area contributed by atoms with Crippen LogP contribution in [0.3, 0.4) is 0 Å². The molecule has 1 fully saturated rings. The van der Waals surface area contributed by atoms with Gasteiger partial charge >= 0.3 is 12.1 Å². The molecule has 2 aliphatic rings. The molecule has 0 aromatic heterocycles. The van der Waals surface area contributed by atoms with Crippen LogP contribution in [0.15, 0.2) is 5.16 Å². The number of methoxy groups -OCH3 is 1. The van der Waals surface area contributed by atoms with E-state index >= 15 is 0 Å². The highest BCUT2D eigenvalue weighted by molar-refractivity contribution is 5.91. The number of ether oxygens (including phenoxy) is 2. The van der Waals surface area contributed by atoms with E-state index in [0.717, 1.165) is 25.0 Å². The number of esters is 1. The standard InChI is InChI=1S/C19H32N2O5/c1-7-11(8-2)9-14-15-13(20-18(23)25-19(3,4)5)10-12(17(22)24-6)16(15)26-21-14/h11-13,15-16H,7-10H2,1-6H3,(H,20,23). The number of fused-ring (bicyclic) bond motifs is 1. The Bertz CT molecular complexity index is 551. The van der Waals surface area contributed by atoms with E-state index in [1.807, 2.05) is 20.8 Å². The van der Waals surface area contributed by atoms with Crippen molar-refractivity contribution < 1.29 is 23.9 Å². The van der Waals surface area contributed by atoms with E-state index < -0.39 is 17.6 Å². The number of oxime groups is 1. The van der Waals surface area contributed by atoms with Crippen LogP contribution < -0.4 is 5.32 Å². The molecular weight excluding hydrogens is 336 g/mol. The lowest BCUT2D eigenvalue weighted by atomic mass is 9.87. The molecule has 1 amide bonds. The predicted octanol–water partition coefficient (Wildman–Crippen LogP) is 3.27. The molecule has 0 saturated heterocycles. The van der Waals surface area contributed by atoms with Gasteiger partial charge in [0, 0.05) is 6.04 Å². The van der Waals surface area contributed by atoms with E-state index in [4.69, 9.17) is 14.3 Å². The zero-order chi connectivity index (χ0) is 19.5. The van der Waals surface area contributed by atoms with Crippen molar-refractivity contribution in [3.63, 3.8) is 0 Å². The maximum atomic E-state index is 12.3. The van der Waals surface area contributed by atoms with Crippen LogP contribution in [0.2, 0.25) is 0 Å². The number of hydrogen-bond acceptors (Lipinski definition) is 6. The number of alkyl carbamates (subject to hydrolysis) is 1. The van der Waals surface area contributed by atoms with Gasteiger partial charge in [0.15, 0.2) is 6.10 Å². The average Bonchev–Trinajstić information content (AvgIpc) is 3.11. The molecule has 1 aliphatic carbocycles. The fraction of sp³-hybridized carbons (Fsp3) is 0.842. The fourth-order valence-electron chi connectivity index (χ4n) is 3.82. The van der Waals surface area contributed by atoms with E-state index in [1.54, 1.807) is 0 Å². The second-order valence-electron chi connectivity index (χ2n) is 8.18. The second kappa shape index (κ2) is 8.27. The number of nitrogens with one attached hydrogen (secondary N) is 1. The number of nitrogens with zero attached hydrogens (tertiary/aromatic N) is 1. The Morgan fingerprint density at radius 1 is 1.31 bits per heavy atom. The molecule has 148 valence electrons. The van der Waals surface area contributed by atoms with Crippen LogP contribution in [-0.4, -0.2) is 42.6 Å². The molecule has 7 nitrogen and oxygen atoms in total. The normalized spacial score (nSPS) is 27.6. The first-order valence-electron chi connectivity index (χ1n) is 9.50. The summed E-state index contributed by atoms with van der Waals surface area (Å²) in [4.78, 5) is 30.0. The summed E-state index contributed by atoms with van der Waals surface area (Å²) >= 11 is 0. The molecule has 1 heterocycles. The Balaban J connectivity index is 2.15. The van der Waals surface area contributed by atoms with Crippen LogP contribution in [0.5, 0.6) is 0 Å². The molecule has 4 unspecified atom stereocenters. The maximum absolute atomic E-state index is 12.3. The van der Waals surface area contributed by atoms with Crippen molar-refractivity contribution in [2.24, 2.45) is 22.9 Å². The molecule has 0 bridgehead atoms. The highest BCUT2D eigenvalue weighted by Crippen LogP contribution is 2.41. The molecular formula is C19H32N2O5. The summed E-state index contributed by atoms with van der Waals surface area (Å²) in [7, 11) is 1.37. The van der Waals surface area contributed by atoms with Gasteiger partial charge in [-0.15, -0.1) is 0 Å². The van der Waals surface area contributed by atoms with Gasteiger partial charge in [-0.05, 0) is 39.5 Å². The Morgan fingerprint density at radius 3 is 2.50 bits per heavy atom. The lowest BCUT2D eigenvalue weighted by Gasteiger charge is -2.25. The first-order chi connectivity index (χ1) is 12.2. The van der Waals surface area contributed by atoms with Gasteiger partial charge in [0.05, 0.1) is 24.7 Å².